The van der Waals surface area contributed by atoms with E-state index in [1.165, 1.54) is 0 Å². The van der Waals surface area contributed by atoms with Crippen LogP contribution in [-0.4, -0.2) is 25.0 Å². The summed E-state index contributed by atoms with van der Waals surface area (Å²) in [5, 5.41) is 8.52. The van der Waals surface area contributed by atoms with Gasteiger partial charge in [-0.3, -0.25) is 4.79 Å². The van der Waals surface area contributed by atoms with Gasteiger partial charge in [-0.05, 0) is 31.0 Å². The molecule has 0 heterocycles. The molecule has 0 aliphatic rings. The molecule has 0 atom stereocenters. The van der Waals surface area contributed by atoms with Crippen LogP contribution in [0.5, 0.6) is 5.75 Å². The Morgan fingerprint density at radius 3 is 2.67 bits per heavy atom. The minimum atomic E-state index is -0.181. The first kappa shape index (κ1) is 14.0. The molecule has 4 nitrogen and oxygen atoms in total. The van der Waals surface area contributed by atoms with Crippen molar-refractivity contribution >= 4 is 5.91 Å². The van der Waals surface area contributed by atoms with Crippen LogP contribution < -0.4 is 4.74 Å². The van der Waals surface area contributed by atoms with Crippen molar-refractivity contribution in [3.8, 4) is 11.8 Å². The molecule has 0 aliphatic carbocycles. The highest BCUT2D eigenvalue weighted by Gasteiger charge is 2.14. The van der Waals surface area contributed by atoms with Crippen molar-refractivity contribution in [2.75, 3.05) is 14.2 Å². The standard InChI is InChI=1S/C14H18N2O2/c1-10-7-11(2)12(13(8-10)18-4)9-16(3)14(17)5-6-15/h7-8H,5,9H2,1-4H3. The van der Waals surface area contributed by atoms with E-state index in [2.05, 4.69) is 6.07 Å². The Labute approximate surface area is 108 Å². The number of rotatable bonds is 4. The molecule has 0 bridgehead atoms. The van der Waals surface area contributed by atoms with E-state index in [0.717, 1.165) is 22.4 Å². The molecule has 1 aromatic carbocycles. The number of carbonyl (C=O) groups excluding carboxylic acids is 1. The first-order valence-electron chi connectivity index (χ1n) is 5.74. The smallest absolute Gasteiger partial charge is 0.236 e. The van der Waals surface area contributed by atoms with Crippen molar-refractivity contribution < 1.29 is 9.53 Å². The lowest BCUT2D eigenvalue weighted by molar-refractivity contribution is -0.129. The molecular formula is C14H18N2O2. The Morgan fingerprint density at radius 2 is 2.11 bits per heavy atom. The molecule has 1 aromatic rings. The molecular weight excluding hydrogens is 228 g/mol. The summed E-state index contributed by atoms with van der Waals surface area (Å²) in [6, 6.07) is 5.87. The quantitative estimate of drug-likeness (QED) is 0.818. The summed E-state index contributed by atoms with van der Waals surface area (Å²) in [4.78, 5) is 13.1. The normalized spacial score (nSPS) is 9.72. The van der Waals surface area contributed by atoms with Crippen LogP contribution in [0.4, 0.5) is 0 Å². The zero-order chi connectivity index (χ0) is 13.7. The first-order valence-corrected chi connectivity index (χ1v) is 5.74. The number of hydrogen-bond donors (Lipinski definition) is 0. The van der Waals surface area contributed by atoms with Crippen LogP contribution in [0.3, 0.4) is 0 Å². The number of ether oxygens (including phenoxy) is 1. The van der Waals surface area contributed by atoms with E-state index in [4.69, 9.17) is 10.00 Å². The molecule has 0 aromatic heterocycles. The lowest BCUT2D eigenvalue weighted by Crippen LogP contribution is -2.26. The van der Waals surface area contributed by atoms with E-state index in [1.807, 2.05) is 26.0 Å². The SMILES string of the molecule is COc1cc(C)cc(C)c1CN(C)C(=O)CC#N. The molecule has 0 spiro atoms. The number of nitriles is 1. The summed E-state index contributed by atoms with van der Waals surface area (Å²) in [5.41, 5.74) is 3.19. The molecule has 1 rings (SSSR count). The van der Waals surface area contributed by atoms with Crippen molar-refractivity contribution in [2.45, 2.75) is 26.8 Å². The zero-order valence-electron chi connectivity index (χ0n) is 11.3. The maximum atomic E-state index is 11.6. The second-order valence-electron chi connectivity index (χ2n) is 4.35. The van der Waals surface area contributed by atoms with E-state index < -0.39 is 0 Å². The van der Waals surface area contributed by atoms with Crippen LogP contribution in [0.15, 0.2) is 12.1 Å². The predicted octanol–water partition coefficient (Wildman–Crippen LogP) is 2.18. The van der Waals surface area contributed by atoms with Gasteiger partial charge >= 0.3 is 0 Å². The van der Waals surface area contributed by atoms with Gasteiger partial charge in [0.2, 0.25) is 5.91 Å². The Kier molecular flexibility index (Phi) is 4.73. The van der Waals surface area contributed by atoms with Gasteiger partial charge in [-0.15, -0.1) is 0 Å². The Hall–Kier alpha value is -2.02. The van der Waals surface area contributed by atoms with E-state index in [1.54, 1.807) is 19.1 Å². The van der Waals surface area contributed by atoms with Crippen molar-refractivity contribution in [2.24, 2.45) is 0 Å². The van der Waals surface area contributed by atoms with Crippen LogP contribution in [0.1, 0.15) is 23.1 Å². The molecule has 96 valence electrons. The van der Waals surface area contributed by atoms with Gasteiger partial charge in [-0.25, -0.2) is 0 Å². The summed E-state index contributed by atoms with van der Waals surface area (Å²) < 4.78 is 5.34. The van der Waals surface area contributed by atoms with Gasteiger partial charge in [-0.1, -0.05) is 6.07 Å². The van der Waals surface area contributed by atoms with Crippen LogP contribution in [0.25, 0.3) is 0 Å². The van der Waals surface area contributed by atoms with Gasteiger partial charge in [0.05, 0.1) is 13.2 Å². The minimum absolute atomic E-state index is 0.0935. The predicted molar refractivity (Wildman–Crippen MR) is 69.2 cm³/mol. The summed E-state index contributed by atoms with van der Waals surface area (Å²) in [6.45, 7) is 4.45. The molecule has 0 saturated heterocycles. The molecule has 0 unspecified atom stereocenters. The second kappa shape index (κ2) is 6.06. The number of benzene rings is 1. The average Bonchev–Trinajstić information content (AvgIpc) is 2.32. The topological polar surface area (TPSA) is 53.3 Å². The average molecular weight is 246 g/mol. The van der Waals surface area contributed by atoms with Gasteiger partial charge in [-0.2, -0.15) is 5.26 Å². The second-order valence-corrected chi connectivity index (χ2v) is 4.35. The molecule has 0 fully saturated rings. The third kappa shape index (κ3) is 3.24. The van der Waals surface area contributed by atoms with Crippen molar-refractivity contribution in [1.82, 2.24) is 4.90 Å². The third-order valence-corrected chi connectivity index (χ3v) is 2.85. The maximum absolute atomic E-state index is 11.6. The Balaban J connectivity index is 2.97. The fourth-order valence-corrected chi connectivity index (χ4v) is 1.87. The number of methoxy groups -OCH3 is 1. The van der Waals surface area contributed by atoms with Gasteiger partial charge < -0.3 is 9.64 Å². The van der Waals surface area contributed by atoms with E-state index in [0.29, 0.717) is 6.54 Å². The molecule has 0 radical (unpaired) electrons. The molecule has 0 saturated carbocycles. The molecule has 4 heteroatoms. The largest absolute Gasteiger partial charge is 0.496 e. The highest BCUT2D eigenvalue weighted by Crippen LogP contribution is 2.25. The molecule has 18 heavy (non-hydrogen) atoms. The number of nitrogens with zero attached hydrogens (tertiary/aromatic N) is 2. The number of aryl methyl sites for hydroxylation is 2. The Bertz CT molecular complexity index is 489. The first-order chi connectivity index (χ1) is 8.49. The van der Waals surface area contributed by atoms with Crippen molar-refractivity contribution in [3.63, 3.8) is 0 Å². The lowest BCUT2D eigenvalue weighted by atomic mass is 10.0. The monoisotopic (exact) mass is 246 g/mol. The van der Waals surface area contributed by atoms with Crippen molar-refractivity contribution in [3.05, 3.63) is 28.8 Å². The molecule has 1 amide bonds. The fourth-order valence-electron chi connectivity index (χ4n) is 1.87. The summed E-state index contributed by atoms with van der Waals surface area (Å²) >= 11 is 0. The summed E-state index contributed by atoms with van der Waals surface area (Å²) in [7, 11) is 3.31. The highest BCUT2D eigenvalue weighted by atomic mass is 16.5. The van der Waals surface area contributed by atoms with Crippen LogP contribution in [0, 0.1) is 25.2 Å². The summed E-state index contributed by atoms with van der Waals surface area (Å²) in [5.74, 6) is 0.601. The third-order valence-electron chi connectivity index (χ3n) is 2.85. The Morgan fingerprint density at radius 1 is 1.44 bits per heavy atom. The van der Waals surface area contributed by atoms with Gasteiger partial charge in [0.1, 0.15) is 12.2 Å². The van der Waals surface area contributed by atoms with Gasteiger partial charge in [0.15, 0.2) is 0 Å². The van der Waals surface area contributed by atoms with Gasteiger partial charge in [0.25, 0.3) is 0 Å². The molecule has 0 N–H and O–H groups in total. The van der Waals surface area contributed by atoms with E-state index >= 15 is 0 Å². The number of amides is 1. The lowest BCUT2D eigenvalue weighted by Gasteiger charge is -2.20. The van der Waals surface area contributed by atoms with Crippen molar-refractivity contribution in [1.29, 1.82) is 5.26 Å². The van der Waals surface area contributed by atoms with Gasteiger partial charge in [0, 0.05) is 19.2 Å². The molecule has 0 aliphatic heterocycles. The van der Waals surface area contributed by atoms with Crippen LogP contribution in [-0.2, 0) is 11.3 Å². The number of hydrogen-bond acceptors (Lipinski definition) is 3. The highest BCUT2D eigenvalue weighted by molar-refractivity contribution is 5.78. The fraction of sp³-hybridized carbons (Fsp3) is 0.429. The zero-order valence-corrected chi connectivity index (χ0v) is 11.3. The van der Waals surface area contributed by atoms with Crippen LogP contribution in [0.2, 0.25) is 0 Å². The van der Waals surface area contributed by atoms with E-state index in [-0.39, 0.29) is 12.3 Å². The van der Waals surface area contributed by atoms with Crippen LogP contribution >= 0.6 is 0 Å². The van der Waals surface area contributed by atoms with E-state index in [9.17, 15) is 4.79 Å². The minimum Gasteiger partial charge on any atom is -0.496 e. The summed E-state index contributed by atoms with van der Waals surface area (Å²) in [6.07, 6.45) is -0.0935. The maximum Gasteiger partial charge on any atom is 0.236 e. The number of carbonyl (C=O) groups is 1.